The molecule has 2 rings (SSSR count). The Morgan fingerprint density at radius 1 is 1.45 bits per heavy atom. The second-order valence-corrected chi connectivity index (χ2v) is 5.23. The fourth-order valence-electron chi connectivity index (χ4n) is 1.58. The first-order chi connectivity index (χ1) is 9.60. The summed E-state index contributed by atoms with van der Waals surface area (Å²) in [6.45, 7) is 2.06. The van der Waals surface area contributed by atoms with Gasteiger partial charge in [-0.05, 0) is 30.7 Å². The predicted molar refractivity (Wildman–Crippen MR) is 82.5 cm³/mol. The Morgan fingerprint density at radius 2 is 2.15 bits per heavy atom. The highest BCUT2D eigenvalue weighted by Crippen LogP contribution is 2.23. The highest BCUT2D eigenvalue weighted by Gasteiger charge is 2.16. The number of rotatable bonds is 4. The SMILES string of the molecule is CCOC(=O)C(=Cc1ccc(Cl)cc1)c1csc(N)n1. The zero-order chi connectivity index (χ0) is 14.5. The largest absolute Gasteiger partial charge is 0.462 e. The number of aromatic nitrogens is 1. The average Bonchev–Trinajstić information content (AvgIpc) is 2.84. The van der Waals surface area contributed by atoms with Gasteiger partial charge in [0.15, 0.2) is 5.13 Å². The third kappa shape index (κ3) is 3.59. The second kappa shape index (κ2) is 6.54. The molecule has 0 aliphatic carbocycles. The molecule has 0 saturated heterocycles. The molecule has 6 heteroatoms. The van der Waals surface area contributed by atoms with Crippen molar-refractivity contribution in [2.75, 3.05) is 12.3 Å². The van der Waals surface area contributed by atoms with E-state index in [1.807, 2.05) is 12.1 Å². The van der Waals surface area contributed by atoms with Gasteiger partial charge in [0.2, 0.25) is 0 Å². The number of hydrogen-bond acceptors (Lipinski definition) is 5. The van der Waals surface area contributed by atoms with E-state index in [1.165, 1.54) is 11.3 Å². The number of esters is 1. The first-order valence-corrected chi connectivity index (χ1v) is 7.21. The summed E-state index contributed by atoms with van der Waals surface area (Å²) in [4.78, 5) is 16.2. The first-order valence-electron chi connectivity index (χ1n) is 5.96. The molecule has 0 amide bonds. The summed E-state index contributed by atoms with van der Waals surface area (Å²) in [5.41, 5.74) is 7.34. The quantitative estimate of drug-likeness (QED) is 0.693. The number of carbonyl (C=O) groups excluding carboxylic acids is 1. The van der Waals surface area contributed by atoms with Crippen molar-refractivity contribution in [2.45, 2.75) is 6.92 Å². The van der Waals surface area contributed by atoms with E-state index in [4.69, 9.17) is 22.1 Å². The first kappa shape index (κ1) is 14.6. The van der Waals surface area contributed by atoms with E-state index in [9.17, 15) is 4.79 Å². The van der Waals surface area contributed by atoms with E-state index >= 15 is 0 Å². The molecule has 104 valence electrons. The smallest absolute Gasteiger partial charge is 0.340 e. The molecule has 0 fully saturated rings. The standard InChI is InChI=1S/C14H13ClN2O2S/c1-2-19-13(18)11(12-8-20-14(16)17-12)7-9-3-5-10(15)6-4-9/h3-8H,2H2,1H3,(H2,16,17). The minimum Gasteiger partial charge on any atom is -0.462 e. The fourth-order valence-corrected chi connectivity index (χ4v) is 2.27. The fraction of sp³-hybridized carbons (Fsp3) is 0.143. The zero-order valence-electron chi connectivity index (χ0n) is 10.8. The van der Waals surface area contributed by atoms with Crippen molar-refractivity contribution in [1.82, 2.24) is 4.98 Å². The summed E-state index contributed by atoms with van der Waals surface area (Å²) in [5, 5.41) is 2.78. The lowest BCUT2D eigenvalue weighted by Gasteiger charge is -2.05. The monoisotopic (exact) mass is 308 g/mol. The van der Waals surface area contributed by atoms with Crippen LogP contribution < -0.4 is 5.73 Å². The Morgan fingerprint density at radius 3 is 2.70 bits per heavy atom. The Labute approximate surface area is 125 Å². The van der Waals surface area contributed by atoms with E-state index in [1.54, 1.807) is 30.5 Å². The van der Waals surface area contributed by atoms with Crippen LogP contribution in [0.25, 0.3) is 11.6 Å². The molecule has 2 aromatic rings. The molecule has 1 aromatic carbocycles. The Bertz CT molecular complexity index is 635. The maximum atomic E-state index is 12.0. The number of hydrogen-bond donors (Lipinski definition) is 1. The van der Waals surface area contributed by atoms with Gasteiger partial charge in [-0.25, -0.2) is 9.78 Å². The van der Waals surface area contributed by atoms with E-state index in [0.717, 1.165) is 5.56 Å². The van der Waals surface area contributed by atoms with Crippen LogP contribution in [0, 0.1) is 0 Å². The molecular formula is C14H13ClN2O2S. The summed E-state index contributed by atoms with van der Waals surface area (Å²) >= 11 is 7.12. The number of ether oxygens (including phenoxy) is 1. The average molecular weight is 309 g/mol. The molecule has 2 N–H and O–H groups in total. The van der Waals surface area contributed by atoms with Gasteiger partial charge < -0.3 is 10.5 Å². The van der Waals surface area contributed by atoms with Gasteiger partial charge in [0.05, 0.1) is 17.9 Å². The Hall–Kier alpha value is -1.85. The minimum atomic E-state index is -0.423. The summed E-state index contributed by atoms with van der Waals surface area (Å²) in [6, 6.07) is 7.14. The maximum absolute atomic E-state index is 12.0. The summed E-state index contributed by atoms with van der Waals surface area (Å²) in [5.74, 6) is -0.423. The summed E-state index contributed by atoms with van der Waals surface area (Å²) in [7, 11) is 0. The van der Waals surface area contributed by atoms with Gasteiger partial charge in [-0.1, -0.05) is 23.7 Å². The van der Waals surface area contributed by atoms with Gasteiger partial charge in [0, 0.05) is 10.4 Å². The number of nitrogens with zero attached hydrogens (tertiary/aromatic N) is 1. The van der Waals surface area contributed by atoms with Crippen LogP contribution in [0.15, 0.2) is 29.6 Å². The number of benzene rings is 1. The minimum absolute atomic E-state index is 0.302. The number of halogens is 1. The predicted octanol–water partition coefficient (Wildman–Crippen LogP) is 3.48. The highest BCUT2D eigenvalue weighted by atomic mass is 35.5. The van der Waals surface area contributed by atoms with E-state index in [0.29, 0.717) is 28.0 Å². The maximum Gasteiger partial charge on any atom is 0.340 e. The Kier molecular flexibility index (Phi) is 4.76. The molecule has 0 spiro atoms. The molecule has 0 atom stereocenters. The Balaban J connectivity index is 2.40. The summed E-state index contributed by atoms with van der Waals surface area (Å²) < 4.78 is 5.05. The number of carbonyl (C=O) groups is 1. The van der Waals surface area contributed by atoms with Gasteiger partial charge in [-0.3, -0.25) is 0 Å². The van der Waals surface area contributed by atoms with Crippen LogP contribution in [0.4, 0.5) is 5.13 Å². The van der Waals surface area contributed by atoms with Crippen LogP contribution in [0.2, 0.25) is 5.02 Å². The lowest BCUT2D eigenvalue weighted by Crippen LogP contribution is -2.07. The number of thiazole rings is 1. The van der Waals surface area contributed by atoms with E-state index < -0.39 is 5.97 Å². The van der Waals surface area contributed by atoms with Crippen molar-refractivity contribution in [3.05, 3.63) is 45.9 Å². The van der Waals surface area contributed by atoms with E-state index in [-0.39, 0.29) is 0 Å². The summed E-state index contributed by atoms with van der Waals surface area (Å²) in [6.07, 6.45) is 1.71. The zero-order valence-corrected chi connectivity index (χ0v) is 12.4. The van der Waals surface area contributed by atoms with Crippen LogP contribution >= 0.6 is 22.9 Å². The number of nitrogens with two attached hydrogens (primary N) is 1. The molecule has 20 heavy (non-hydrogen) atoms. The molecule has 1 heterocycles. The topological polar surface area (TPSA) is 65.2 Å². The normalized spacial score (nSPS) is 11.4. The third-order valence-electron chi connectivity index (χ3n) is 2.47. The van der Waals surface area contributed by atoms with Crippen LogP contribution in [0.1, 0.15) is 18.2 Å². The van der Waals surface area contributed by atoms with Crippen molar-refractivity contribution < 1.29 is 9.53 Å². The van der Waals surface area contributed by atoms with Gasteiger partial charge in [0.1, 0.15) is 0 Å². The van der Waals surface area contributed by atoms with Crippen molar-refractivity contribution in [2.24, 2.45) is 0 Å². The van der Waals surface area contributed by atoms with Crippen molar-refractivity contribution in [3.8, 4) is 0 Å². The van der Waals surface area contributed by atoms with Crippen LogP contribution in [0.5, 0.6) is 0 Å². The molecule has 0 aliphatic rings. The highest BCUT2D eigenvalue weighted by molar-refractivity contribution is 7.13. The van der Waals surface area contributed by atoms with Gasteiger partial charge in [-0.2, -0.15) is 0 Å². The van der Waals surface area contributed by atoms with Crippen molar-refractivity contribution in [1.29, 1.82) is 0 Å². The van der Waals surface area contributed by atoms with Crippen molar-refractivity contribution in [3.63, 3.8) is 0 Å². The molecule has 1 aromatic heterocycles. The number of nitrogen functional groups attached to an aromatic ring is 1. The molecule has 4 nitrogen and oxygen atoms in total. The molecule has 0 saturated carbocycles. The van der Waals surface area contributed by atoms with Crippen LogP contribution in [-0.4, -0.2) is 17.6 Å². The van der Waals surface area contributed by atoms with E-state index in [2.05, 4.69) is 4.98 Å². The second-order valence-electron chi connectivity index (χ2n) is 3.90. The molecule has 0 bridgehead atoms. The van der Waals surface area contributed by atoms with Gasteiger partial charge in [0.25, 0.3) is 0 Å². The third-order valence-corrected chi connectivity index (χ3v) is 3.40. The van der Waals surface area contributed by atoms with Crippen LogP contribution in [-0.2, 0) is 9.53 Å². The molecule has 0 radical (unpaired) electrons. The van der Waals surface area contributed by atoms with Gasteiger partial charge >= 0.3 is 5.97 Å². The molecule has 0 unspecified atom stereocenters. The molecule has 0 aliphatic heterocycles. The molecular weight excluding hydrogens is 296 g/mol. The van der Waals surface area contributed by atoms with Gasteiger partial charge in [-0.15, -0.1) is 11.3 Å². The lowest BCUT2D eigenvalue weighted by atomic mass is 10.1. The van der Waals surface area contributed by atoms with Crippen molar-refractivity contribution >= 4 is 45.7 Å². The van der Waals surface area contributed by atoms with Crippen LogP contribution in [0.3, 0.4) is 0 Å². The number of anilines is 1. The lowest BCUT2D eigenvalue weighted by molar-refractivity contribution is -0.136.